The van der Waals surface area contributed by atoms with Gasteiger partial charge in [0.05, 0.1) is 6.20 Å². The first-order chi connectivity index (χ1) is 12.5. The number of carboxylic acids is 1. The van der Waals surface area contributed by atoms with Crippen LogP contribution in [0, 0.1) is 5.82 Å². The van der Waals surface area contributed by atoms with Crippen molar-refractivity contribution in [3.8, 4) is 11.1 Å². The van der Waals surface area contributed by atoms with Crippen molar-refractivity contribution in [1.29, 1.82) is 0 Å². The molecule has 2 heterocycles. The molecule has 0 amide bonds. The van der Waals surface area contributed by atoms with E-state index in [0.29, 0.717) is 18.7 Å². The molecule has 4 rings (SSSR count). The lowest BCUT2D eigenvalue weighted by atomic mass is 10.0. The van der Waals surface area contributed by atoms with Crippen LogP contribution in [0.4, 0.5) is 10.1 Å². The highest BCUT2D eigenvalue weighted by Gasteiger charge is 2.33. The zero-order valence-corrected chi connectivity index (χ0v) is 14.3. The van der Waals surface area contributed by atoms with Crippen LogP contribution in [0.2, 0.25) is 0 Å². The summed E-state index contributed by atoms with van der Waals surface area (Å²) in [5.41, 5.74) is 3.81. The predicted molar refractivity (Wildman–Crippen MR) is 96.5 cm³/mol. The van der Waals surface area contributed by atoms with E-state index in [-0.39, 0.29) is 5.82 Å². The number of fused-ring (bicyclic) bond motifs is 1. The van der Waals surface area contributed by atoms with Crippen LogP contribution in [0.3, 0.4) is 0 Å². The summed E-state index contributed by atoms with van der Waals surface area (Å²) >= 11 is 0. The quantitative estimate of drug-likeness (QED) is 0.783. The van der Waals surface area contributed by atoms with Crippen molar-refractivity contribution >= 4 is 11.7 Å². The van der Waals surface area contributed by atoms with Crippen LogP contribution in [-0.2, 0) is 18.4 Å². The third-order valence-corrected chi connectivity index (χ3v) is 4.81. The monoisotopic (exact) mass is 351 g/mol. The number of nitrogens with zero attached hydrogens (tertiary/aromatic N) is 3. The topological polar surface area (TPSA) is 58.4 Å². The van der Waals surface area contributed by atoms with Crippen LogP contribution >= 0.6 is 0 Å². The van der Waals surface area contributed by atoms with Crippen molar-refractivity contribution in [2.75, 3.05) is 11.4 Å². The fourth-order valence-corrected chi connectivity index (χ4v) is 3.48. The summed E-state index contributed by atoms with van der Waals surface area (Å²) in [6, 6.07) is 12.6. The highest BCUT2D eigenvalue weighted by Crippen LogP contribution is 2.37. The fourth-order valence-electron chi connectivity index (χ4n) is 3.48. The zero-order chi connectivity index (χ0) is 18.3. The van der Waals surface area contributed by atoms with Crippen molar-refractivity contribution in [3.05, 3.63) is 71.8 Å². The lowest BCUT2D eigenvalue weighted by Gasteiger charge is -2.20. The minimum absolute atomic E-state index is 0.303. The van der Waals surface area contributed by atoms with Gasteiger partial charge < -0.3 is 10.0 Å². The molecule has 1 unspecified atom stereocenters. The van der Waals surface area contributed by atoms with Crippen molar-refractivity contribution in [2.45, 2.75) is 12.5 Å². The normalized spacial score (nSPS) is 15.9. The van der Waals surface area contributed by atoms with Gasteiger partial charge in [0.25, 0.3) is 0 Å². The number of benzene rings is 2. The van der Waals surface area contributed by atoms with Crippen molar-refractivity contribution in [2.24, 2.45) is 7.05 Å². The van der Waals surface area contributed by atoms with E-state index in [1.54, 1.807) is 16.9 Å². The molecule has 1 aromatic heterocycles. The van der Waals surface area contributed by atoms with Gasteiger partial charge in [-0.2, -0.15) is 5.10 Å². The van der Waals surface area contributed by atoms with E-state index in [2.05, 4.69) is 5.10 Å². The second-order valence-corrected chi connectivity index (χ2v) is 6.54. The van der Waals surface area contributed by atoms with Crippen molar-refractivity contribution in [1.82, 2.24) is 9.78 Å². The van der Waals surface area contributed by atoms with E-state index in [4.69, 9.17) is 0 Å². The molecular weight excluding hydrogens is 333 g/mol. The van der Waals surface area contributed by atoms with Gasteiger partial charge in [-0.1, -0.05) is 30.3 Å². The van der Waals surface area contributed by atoms with E-state index in [0.717, 1.165) is 22.4 Å². The molecule has 0 bridgehead atoms. The molecule has 1 aliphatic heterocycles. The Morgan fingerprint density at radius 1 is 1.27 bits per heavy atom. The van der Waals surface area contributed by atoms with Crippen LogP contribution in [0.15, 0.2) is 54.9 Å². The summed E-state index contributed by atoms with van der Waals surface area (Å²) in [7, 11) is 1.82. The van der Waals surface area contributed by atoms with Gasteiger partial charge in [0.1, 0.15) is 11.7 Å². The molecular formula is C20H18FN3O2. The van der Waals surface area contributed by atoms with Crippen LogP contribution in [0.5, 0.6) is 0 Å². The first-order valence-corrected chi connectivity index (χ1v) is 8.37. The third kappa shape index (κ3) is 2.83. The summed E-state index contributed by atoms with van der Waals surface area (Å²) in [4.78, 5) is 13.5. The first kappa shape index (κ1) is 16.3. The lowest BCUT2D eigenvalue weighted by molar-refractivity contribution is -0.138. The maximum atomic E-state index is 14.7. The molecule has 132 valence electrons. The van der Waals surface area contributed by atoms with Gasteiger partial charge in [-0.3, -0.25) is 9.48 Å². The number of halogens is 1. The smallest absolute Gasteiger partial charge is 0.312 e. The molecule has 0 saturated carbocycles. The molecule has 26 heavy (non-hydrogen) atoms. The van der Waals surface area contributed by atoms with E-state index >= 15 is 0 Å². The van der Waals surface area contributed by atoms with Crippen LogP contribution in [-0.4, -0.2) is 27.4 Å². The molecule has 0 radical (unpaired) electrons. The number of rotatable bonds is 4. The third-order valence-electron chi connectivity index (χ3n) is 4.81. The summed E-state index contributed by atoms with van der Waals surface area (Å²) in [5.74, 6) is -1.74. The summed E-state index contributed by atoms with van der Waals surface area (Å²) < 4.78 is 16.3. The summed E-state index contributed by atoms with van der Waals surface area (Å²) in [6.45, 7) is 0.679. The Labute approximate surface area is 150 Å². The minimum atomic E-state index is -0.854. The maximum absolute atomic E-state index is 14.7. The standard InChI is InChI=1S/C20H18FN3O2/c1-23-10-15(9-22-23)13-6-7-14(18(21)8-13)11-24-12-17(20(25)26)16-4-2-3-5-19(16)24/h2-10,17H,11-12H2,1H3,(H,25,26). The molecule has 3 aromatic rings. The fraction of sp³-hybridized carbons (Fsp3) is 0.200. The number of aliphatic carboxylic acids is 1. The SMILES string of the molecule is Cn1cc(-c2ccc(CN3CC(C(=O)O)c4ccccc43)c(F)c2)cn1. The Balaban J connectivity index is 1.61. The van der Waals surface area contributed by atoms with E-state index < -0.39 is 11.9 Å². The summed E-state index contributed by atoms with van der Waals surface area (Å²) in [6.07, 6.45) is 3.53. The molecule has 1 N–H and O–H groups in total. The highest BCUT2D eigenvalue weighted by molar-refractivity contribution is 5.83. The molecule has 1 atom stereocenters. The van der Waals surface area contributed by atoms with Gasteiger partial charge in [0, 0.05) is 43.1 Å². The van der Waals surface area contributed by atoms with Gasteiger partial charge >= 0.3 is 5.97 Å². The number of carbonyl (C=O) groups is 1. The first-order valence-electron chi connectivity index (χ1n) is 8.37. The molecule has 5 nitrogen and oxygen atoms in total. The van der Waals surface area contributed by atoms with Gasteiger partial charge in [0.2, 0.25) is 0 Å². The average Bonchev–Trinajstić information content (AvgIpc) is 3.21. The average molecular weight is 351 g/mol. The highest BCUT2D eigenvalue weighted by atomic mass is 19.1. The van der Waals surface area contributed by atoms with Gasteiger partial charge in [-0.25, -0.2) is 4.39 Å². The number of hydrogen-bond donors (Lipinski definition) is 1. The predicted octanol–water partition coefficient (Wildman–Crippen LogP) is 3.41. The van der Waals surface area contributed by atoms with Gasteiger partial charge in [-0.15, -0.1) is 0 Å². The Bertz CT molecular complexity index is 983. The number of aromatic nitrogens is 2. The molecule has 1 aliphatic rings. The van der Waals surface area contributed by atoms with E-state index in [9.17, 15) is 14.3 Å². The van der Waals surface area contributed by atoms with Crippen LogP contribution in [0.1, 0.15) is 17.0 Å². The van der Waals surface area contributed by atoms with E-state index in [1.807, 2.05) is 48.5 Å². The summed E-state index contributed by atoms with van der Waals surface area (Å²) in [5, 5.41) is 13.6. The van der Waals surface area contributed by atoms with Crippen LogP contribution < -0.4 is 4.90 Å². The van der Waals surface area contributed by atoms with Gasteiger partial charge in [0.15, 0.2) is 0 Å². The molecule has 0 fully saturated rings. The number of para-hydroxylation sites is 1. The number of hydrogen-bond acceptors (Lipinski definition) is 3. The number of aryl methyl sites for hydroxylation is 1. The Morgan fingerprint density at radius 2 is 2.08 bits per heavy atom. The largest absolute Gasteiger partial charge is 0.481 e. The Morgan fingerprint density at radius 3 is 2.77 bits per heavy atom. The Hall–Kier alpha value is -3.15. The van der Waals surface area contributed by atoms with Gasteiger partial charge in [-0.05, 0) is 23.3 Å². The number of carboxylic acid groups (broad SMARTS) is 1. The van der Waals surface area contributed by atoms with Crippen molar-refractivity contribution in [3.63, 3.8) is 0 Å². The second-order valence-electron chi connectivity index (χ2n) is 6.54. The Kier molecular flexibility index (Phi) is 3.95. The van der Waals surface area contributed by atoms with Crippen molar-refractivity contribution < 1.29 is 14.3 Å². The molecule has 0 aliphatic carbocycles. The minimum Gasteiger partial charge on any atom is -0.481 e. The molecule has 2 aromatic carbocycles. The lowest BCUT2D eigenvalue weighted by Crippen LogP contribution is -2.24. The zero-order valence-electron chi connectivity index (χ0n) is 14.3. The maximum Gasteiger partial charge on any atom is 0.312 e. The molecule has 6 heteroatoms. The van der Waals surface area contributed by atoms with Crippen LogP contribution in [0.25, 0.3) is 11.1 Å². The molecule has 0 saturated heterocycles. The molecule has 0 spiro atoms. The number of anilines is 1. The van der Waals surface area contributed by atoms with E-state index in [1.165, 1.54) is 6.07 Å². The second kappa shape index (κ2) is 6.29.